The van der Waals surface area contributed by atoms with E-state index >= 15 is 0 Å². The van der Waals surface area contributed by atoms with Crippen LogP contribution >= 0.6 is 0 Å². The van der Waals surface area contributed by atoms with Crippen molar-refractivity contribution in [3.63, 3.8) is 0 Å². The van der Waals surface area contributed by atoms with Crippen LogP contribution in [0.3, 0.4) is 0 Å². The Bertz CT molecular complexity index is 785. The predicted molar refractivity (Wildman–Crippen MR) is 111 cm³/mol. The van der Waals surface area contributed by atoms with Gasteiger partial charge in [0.15, 0.2) is 0 Å². The van der Waals surface area contributed by atoms with Crippen LogP contribution in [0, 0.1) is 5.92 Å². The Morgan fingerprint density at radius 2 is 2.04 bits per heavy atom. The monoisotopic (exact) mass is 365 g/mol. The van der Waals surface area contributed by atoms with Gasteiger partial charge >= 0.3 is 0 Å². The van der Waals surface area contributed by atoms with Gasteiger partial charge in [-0.05, 0) is 73.9 Å². The van der Waals surface area contributed by atoms with Gasteiger partial charge < -0.3 is 15.4 Å². The lowest BCUT2D eigenvalue weighted by atomic mass is 9.94. The quantitative estimate of drug-likeness (QED) is 0.806. The number of aromatic nitrogens is 1. The highest BCUT2D eigenvalue weighted by molar-refractivity contribution is 5.69. The van der Waals surface area contributed by atoms with E-state index in [1.807, 2.05) is 18.2 Å². The van der Waals surface area contributed by atoms with E-state index in [1.54, 1.807) is 0 Å². The molecule has 1 atom stereocenters. The molecule has 4 nitrogen and oxygen atoms in total. The van der Waals surface area contributed by atoms with E-state index in [0.717, 1.165) is 42.3 Å². The lowest BCUT2D eigenvalue weighted by Gasteiger charge is -2.28. The molecule has 1 aromatic carbocycles. The summed E-state index contributed by atoms with van der Waals surface area (Å²) in [5, 5.41) is 0. The molecule has 27 heavy (non-hydrogen) atoms. The molecule has 0 radical (unpaired) electrons. The summed E-state index contributed by atoms with van der Waals surface area (Å²) in [5.41, 5.74) is 9.25. The fourth-order valence-corrected chi connectivity index (χ4v) is 4.16. The first-order valence-corrected chi connectivity index (χ1v) is 10.3. The average molecular weight is 366 g/mol. The molecule has 1 saturated heterocycles. The summed E-state index contributed by atoms with van der Waals surface area (Å²) >= 11 is 0. The summed E-state index contributed by atoms with van der Waals surface area (Å²) in [6.07, 6.45) is 5.15. The van der Waals surface area contributed by atoms with Gasteiger partial charge in [0.25, 0.3) is 0 Å². The Morgan fingerprint density at radius 1 is 1.19 bits per heavy atom. The number of nitrogens with zero attached hydrogens (tertiary/aromatic N) is 2. The molecule has 0 amide bonds. The average Bonchev–Trinajstić information content (AvgIpc) is 3.06. The number of ether oxygens (including phenoxy) is 1. The Kier molecular flexibility index (Phi) is 5.35. The number of nitrogen functional groups attached to an aromatic ring is 1. The largest absolute Gasteiger partial charge is 0.490 e. The third-order valence-electron chi connectivity index (χ3n) is 5.77. The molecule has 2 aromatic rings. The van der Waals surface area contributed by atoms with Crippen molar-refractivity contribution in [2.45, 2.75) is 51.6 Å². The summed E-state index contributed by atoms with van der Waals surface area (Å²) in [7, 11) is 0. The lowest BCUT2D eigenvalue weighted by Crippen LogP contribution is -2.25. The van der Waals surface area contributed by atoms with E-state index in [9.17, 15) is 0 Å². The third-order valence-corrected chi connectivity index (χ3v) is 5.77. The number of benzene rings is 1. The van der Waals surface area contributed by atoms with E-state index in [4.69, 9.17) is 10.5 Å². The van der Waals surface area contributed by atoms with Crippen molar-refractivity contribution in [2.24, 2.45) is 5.92 Å². The minimum absolute atomic E-state index is 0.348. The first-order chi connectivity index (χ1) is 13.1. The van der Waals surface area contributed by atoms with Gasteiger partial charge in [-0.2, -0.15) is 0 Å². The zero-order valence-electron chi connectivity index (χ0n) is 16.5. The van der Waals surface area contributed by atoms with Crippen molar-refractivity contribution in [1.29, 1.82) is 0 Å². The van der Waals surface area contributed by atoms with Crippen LogP contribution < -0.4 is 10.5 Å². The second-order valence-corrected chi connectivity index (χ2v) is 8.51. The number of hydrogen-bond donors (Lipinski definition) is 1. The van der Waals surface area contributed by atoms with Gasteiger partial charge in [-0.1, -0.05) is 26.0 Å². The summed E-state index contributed by atoms with van der Waals surface area (Å²) < 4.78 is 6.37. The maximum Gasteiger partial charge on any atom is 0.129 e. The number of hydrogen-bond acceptors (Lipinski definition) is 4. The van der Waals surface area contributed by atoms with Crippen molar-refractivity contribution < 1.29 is 4.74 Å². The van der Waals surface area contributed by atoms with E-state index in [2.05, 4.69) is 41.9 Å². The molecule has 2 aliphatic rings. The molecule has 2 heterocycles. The van der Waals surface area contributed by atoms with Gasteiger partial charge in [-0.15, -0.1) is 0 Å². The van der Waals surface area contributed by atoms with Crippen LogP contribution in [-0.4, -0.2) is 35.6 Å². The highest BCUT2D eigenvalue weighted by Gasteiger charge is 2.26. The smallest absolute Gasteiger partial charge is 0.129 e. The summed E-state index contributed by atoms with van der Waals surface area (Å²) in [6, 6.07) is 12.5. The molecule has 1 aliphatic heterocycles. The second kappa shape index (κ2) is 7.89. The van der Waals surface area contributed by atoms with E-state index in [1.165, 1.54) is 31.5 Å². The SMILES string of the molecule is CC(C)CN1CCC(c2ccc(-c3cccc(N)n3)c(OC3CCC3)c2)C1. The molecular formula is C23H31N3O. The molecule has 1 aliphatic carbocycles. The molecule has 4 rings (SSSR count). The van der Waals surface area contributed by atoms with Gasteiger partial charge in [-0.25, -0.2) is 4.98 Å². The van der Waals surface area contributed by atoms with E-state index in [0.29, 0.717) is 17.8 Å². The zero-order valence-corrected chi connectivity index (χ0v) is 16.5. The minimum Gasteiger partial charge on any atom is -0.490 e. The second-order valence-electron chi connectivity index (χ2n) is 8.51. The standard InChI is InChI=1S/C23H31N3O/c1-16(2)14-26-12-11-18(15-26)17-9-10-20(21-7-4-8-23(24)25-21)22(13-17)27-19-5-3-6-19/h4,7-10,13,16,18-19H,3,5-6,11-12,14-15H2,1-2H3,(H2,24,25). The molecule has 2 fully saturated rings. The van der Waals surface area contributed by atoms with Gasteiger partial charge in [0.2, 0.25) is 0 Å². The Morgan fingerprint density at radius 3 is 2.74 bits per heavy atom. The maximum absolute atomic E-state index is 6.37. The van der Waals surface area contributed by atoms with Crippen LogP contribution in [0.2, 0.25) is 0 Å². The topological polar surface area (TPSA) is 51.4 Å². The van der Waals surface area contributed by atoms with Crippen LogP contribution in [-0.2, 0) is 0 Å². The van der Waals surface area contributed by atoms with Crippen molar-refractivity contribution >= 4 is 5.82 Å². The molecule has 1 saturated carbocycles. The Hall–Kier alpha value is -2.07. The normalized spacial score (nSPS) is 20.8. The Labute approximate surface area is 162 Å². The van der Waals surface area contributed by atoms with Crippen LogP contribution in [0.1, 0.15) is 51.0 Å². The molecule has 144 valence electrons. The van der Waals surface area contributed by atoms with Gasteiger partial charge in [-0.3, -0.25) is 0 Å². The van der Waals surface area contributed by atoms with Gasteiger partial charge in [0.1, 0.15) is 11.6 Å². The first-order valence-electron chi connectivity index (χ1n) is 10.3. The highest BCUT2D eigenvalue weighted by Crippen LogP contribution is 2.37. The van der Waals surface area contributed by atoms with Gasteiger partial charge in [0.05, 0.1) is 11.8 Å². The number of likely N-dealkylation sites (tertiary alicyclic amines) is 1. The fourth-order valence-electron chi connectivity index (χ4n) is 4.16. The minimum atomic E-state index is 0.348. The zero-order chi connectivity index (χ0) is 18.8. The highest BCUT2D eigenvalue weighted by atomic mass is 16.5. The van der Waals surface area contributed by atoms with Crippen molar-refractivity contribution in [3.05, 3.63) is 42.0 Å². The molecule has 4 heteroatoms. The third kappa shape index (κ3) is 4.27. The van der Waals surface area contributed by atoms with Crippen LogP contribution in [0.5, 0.6) is 5.75 Å². The predicted octanol–water partition coefficient (Wildman–Crippen LogP) is 4.71. The molecule has 2 N–H and O–H groups in total. The number of pyridine rings is 1. The van der Waals surface area contributed by atoms with Crippen LogP contribution in [0.15, 0.2) is 36.4 Å². The maximum atomic E-state index is 6.37. The van der Waals surface area contributed by atoms with Crippen molar-refractivity contribution in [1.82, 2.24) is 9.88 Å². The molecular weight excluding hydrogens is 334 g/mol. The van der Waals surface area contributed by atoms with E-state index < -0.39 is 0 Å². The molecule has 1 aromatic heterocycles. The Balaban J connectivity index is 1.60. The molecule has 0 bridgehead atoms. The lowest BCUT2D eigenvalue weighted by molar-refractivity contribution is 0.121. The van der Waals surface area contributed by atoms with Crippen LogP contribution in [0.25, 0.3) is 11.3 Å². The fraction of sp³-hybridized carbons (Fsp3) is 0.522. The summed E-state index contributed by atoms with van der Waals surface area (Å²) in [4.78, 5) is 7.11. The van der Waals surface area contributed by atoms with Crippen molar-refractivity contribution in [3.8, 4) is 17.0 Å². The summed E-state index contributed by atoms with van der Waals surface area (Å²) in [5.74, 6) is 2.83. The summed E-state index contributed by atoms with van der Waals surface area (Å²) in [6.45, 7) is 8.13. The first kappa shape index (κ1) is 18.3. The number of nitrogens with two attached hydrogens (primary N) is 1. The number of rotatable bonds is 6. The van der Waals surface area contributed by atoms with Gasteiger partial charge in [0, 0.05) is 18.7 Å². The van der Waals surface area contributed by atoms with Crippen LogP contribution in [0.4, 0.5) is 5.82 Å². The molecule has 0 spiro atoms. The van der Waals surface area contributed by atoms with E-state index in [-0.39, 0.29) is 0 Å². The molecule has 1 unspecified atom stereocenters. The van der Waals surface area contributed by atoms with Crippen molar-refractivity contribution in [2.75, 3.05) is 25.4 Å². The number of anilines is 1.